The molecule has 0 N–H and O–H groups in total. The van der Waals surface area contributed by atoms with Gasteiger partial charge in [-0.15, -0.1) is 0 Å². The van der Waals surface area contributed by atoms with E-state index in [-0.39, 0.29) is 36.3 Å². The maximum atomic E-state index is 10.8. The Morgan fingerprint density at radius 3 is 2.25 bits per heavy atom. The minimum Gasteiger partial charge on any atom is -0.790 e. The van der Waals surface area contributed by atoms with Gasteiger partial charge in [-0.2, -0.15) is 0 Å². The number of rotatable bonds is 7. The van der Waals surface area contributed by atoms with Crippen molar-refractivity contribution in [2.24, 2.45) is 0 Å². The summed E-state index contributed by atoms with van der Waals surface area (Å²) in [5.41, 5.74) is 0.301. The quantitative estimate of drug-likeness (QED) is 0.198. The average Bonchev–Trinajstić information content (AvgIpc) is 2.08. The van der Waals surface area contributed by atoms with Gasteiger partial charge in [0.15, 0.2) is 0 Å². The number of phosphoric ester groups is 1. The standard InChI is InChI=1S/C8H15O6P.Mg/c1-7(2)8(9)13-5-3-4-6-14-15(10,11)12;/h1,3-6H2,2H3,(H2,10,11,12);/q;+2/p-2. The van der Waals surface area contributed by atoms with Gasteiger partial charge in [0.2, 0.25) is 0 Å². The fourth-order valence-electron chi connectivity index (χ4n) is 0.669. The molecule has 0 unspecified atom stereocenters. The van der Waals surface area contributed by atoms with E-state index in [0.717, 1.165) is 0 Å². The SMILES string of the molecule is C=C(C)C(=O)OCCCCOP(=O)([O-])[O-].[Mg+2]. The Bertz CT molecular complexity index is 274. The Kier molecular flexibility index (Phi) is 10.6. The van der Waals surface area contributed by atoms with Crippen LogP contribution >= 0.6 is 7.82 Å². The van der Waals surface area contributed by atoms with Crippen LogP contribution in [-0.2, 0) is 18.6 Å². The molecule has 0 radical (unpaired) electrons. The first-order valence-electron chi connectivity index (χ1n) is 4.32. The van der Waals surface area contributed by atoms with E-state index >= 15 is 0 Å². The number of carbonyl (C=O) groups is 1. The third-order valence-corrected chi connectivity index (χ3v) is 1.87. The van der Waals surface area contributed by atoms with Gasteiger partial charge in [-0.1, -0.05) is 6.58 Å². The molecular formula is C8H13MgO6P. The molecule has 0 spiro atoms. The van der Waals surface area contributed by atoms with Gasteiger partial charge in [0.05, 0.1) is 21.0 Å². The third-order valence-electron chi connectivity index (χ3n) is 1.37. The number of esters is 1. The molecule has 0 fully saturated rings. The summed E-state index contributed by atoms with van der Waals surface area (Å²) in [6.45, 7) is 4.87. The van der Waals surface area contributed by atoms with E-state index in [1.54, 1.807) is 0 Å². The van der Waals surface area contributed by atoms with Crippen molar-refractivity contribution in [3.05, 3.63) is 12.2 Å². The Balaban J connectivity index is 0. The molecule has 0 aromatic rings. The number of hydrogen-bond donors (Lipinski definition) is 0. The molecule has 6 nitrogen and oxygen atoms in total. The van der Waals surface area contributed by atoms with E-state index < -0.39 is 13.8 Å². The summed E-state index contributed by atoms with van der Waals surface area (Å²) in [4.78, 5) is 30.9. The van der Waals surface area contributed by atoms with Crippen molar-refractivity contribution in [3.8, 4) is 0 Å². The smallest absolute Gasteiger partial charge is 0.790 e. The minimum atomic E-state index is -4.87. The van der Waals surface area contributed by atoms with Crippen LogP contribution in [0.3, 0.4) is 0 Å². The van der Waals surface area contributed by atoms with Crippen LogP contribution in [0.5, 0.6) is 0 Å². The molecule has 0 heterocycles. The number of ether oxygens (including phenoxy) is 1. The van der Waals surface area contributed by atoms with E-state index in [1.807, 2.05) is 0 Å². The molecule has 0 aliphatic carbocycles. The normalized spacial score (nSPS) is 10.4. The molecule has 0 aromatic carbocycles. The van der Waals surface area contributed by atoms with Crippen molar-refractivity contribution in [1.29, 1.82) is 0 Å². The minimum absolute atomic E-state index is 0. The van der Waals surface area contributed by atoms with Crippen LogP contribution in [0.15, 0.2) is 12.2 Å². The zero-order valence-corrected chi connectivity index (χ0v) is 11.4. The van der Waals surface area contributed by atoms with Crippen LogP contribution in [0.25, 0.3) is 0 Å². The summed E-state index contributed by atoms with van der Waals surface area (Å²) in [7, 11) is -4.87. The number of hydrogen-bond acceptors (Lipinski definition) is 6. The molecule has 0 rings (SSSR count). The van der Waals surface area contributed by atoms with Crippen molar-refractivity contribution in [3.63, 3.8) is 0 Å². The van der Waals surface area contributed by atoms with Crippen LogP contribution in [0, 0.1) is 0 Å². The van der Waals surface area contributed by atoms with E-state index in [0.29, 0.717) is 18.4 Å². The Morgan fingerprint density at radius 1 is 1.31 bits per heavy atom. The molecule has 0 aromatic heterocycles. The van der Waals surface area contributed by atoms with E-state index in [4.69, 9.17) is 4.74 Å². The van der Waals surface area contributed by atoms with Crippen LogP contribution in [0.1, 0.15) is 19.8 Å². The summed E-state index contributed by atoms with van der Waals surface area (Å²) >= 11 is 0. The van der Waals surface area contributed by atoms with Crippen molar-refractivity contribution >= 4 is 36.8 Å². The monoisotopic (exact) mass is 260 g/mol. The molecule has 0 bridgehead atoms. The molecule has 0 amide bonds. The first-order valence-corrected chi connectivity index (χ1v) is 5.78. The van der Waals surface area contributed by atoms with Gasteiger partial charge in [-0.05, 0) is 19.8 Å². The first kappa shape index (κ1) is 18.5. The van der Waals surface area contributed by atoms with Crippen LogP contribution in [0.4, 0.5) is 0 Å². The van der Waals surface area contributed by atoms with Gasteiger partial charge in [0.25, 0.3) is 0 Å². The summed E-state index contributed by atoms with van der Waals surface area (Å²) in [5, 5.41) is 0. The molecule has 0 saturated heterocycles. The summed E-state index contributed by atoms with van der Waals surface area (Å²) in [6.07, 6.45) is 0.761. The number of unbranched alkanes of at least 4 members (excludes halogenated alkanes) is 1. The predicted octanol–water partition coefficient (Wildman–Crippen LogP) is -0.650. The van der Waals surface area contributed by atoms with Crippen LogP contribution < -0.4 is 9.79 Å². The largest absolute Gasteiger partial charge is 2.00 e. The predicted molar refractivity (Wildman–Crippen MR) is 54.3 cm³/mol. The van der Waals surface area contributed by atoms with Gasteiger partial charge in [0, 0.05) is 5.57 Å². The zero-order valence-electron chi connectivity index (χ0n) is 9.14. The fourth-order valence-corrected chi connectivity index (χ4v) is 1.02. The van der Waals surface area contributed by atoms with Gasteiger partial charge >= 0.3 is 29.0 Å². The molecule has 0 aliphatic rings. The fraction of sp³-hybridized carbons (Fsp3) is 0.625. The van der Waals surface area contributed by atoms with Gasteiger partial charge in [-0.25, -0.2) is 4.79 Å². The van der Waals surface area contributed by atoms with E-state index in [9.17, 15) is 19.1 Å². The molecule has 0 saturated carbocycles. The topological polar surface area (TPSA) is 98.7 Å². The van der Waals surface area contributed by atoms with E-state index in [2.05, 4.69) is 11.1 Å². The van der Waals surface area contributed by atoms with Crippen molar-refractivity contribution in [2.75, 3.05) is 13.2 Å². The summed E-state index contributed by atoms with van der Waals surface area (Å²) in [5.74, 6) is -0.491. The molecule has 0 aliphatic heterocycles. The van der Waals surface area contributed by atoms with Gasteiger partial charge in [0.1, 0.15) is 0 Å². The first-order chi connectivity index (χ1) is 6.83. The summed E-state index contributed by atoms with van der Waals surface area (Å²) < 4.78 is 18.7. The van der Waals surface area contributed by atoms with Gasteiger partial charge in [-0.3, -0.25) is 0 Å². The number of phosphoric acid groups is 1. The number of carbonyl (C=O) groups excluding carboxylic acids is 1. The maximum absolute atomic E-state index is 10.8. The molecule has 0 atom stereocenters. The van der Waals surface area contributed by atoms with Crippen LogP contribution in [0.2, 0.25) is 0 Å². The van der Waals surface area contributed by atoms with Crippen molar-refractivity contribution in [1.82, 2.24) is 0 Å². The van der Waals surface area contributed by atoms with Crippen LogP contribution in [-0.4, -0.2) is 42.2 Å². The zero-order chi connectivity index (χ0) is 11.9. The molecule has 16 heavy (non-hydrogen) atoms. The third kappa shape index (κ3) is 12.2. The molecular weight excluding hydrogens is 247 g/mol. The van der Waals surface area contributed by atoms with E-state index in [1.165, 1.54) is 6.92 Å². The second-order valence-corrected chi connectivity index (χ2v) is 4.06. The maximum Gasteiger partial charge on any atom is 2.00 e. The molecule has 8 heteroatoms. The Morgan fingerprint density at radius 2 is 1.81 bits per heavy atom. The average molecular weight is 260 g/mol. The summed E-state index contributed by atoms with van der Waals surface area (Å²) in [6, 6.07) is 0. The second kappa shape index (κ2) is 9.15. The van der Waals surface area contributed by atoms with Gasteiger partial charge < -0.3 is 23.6 Å². The second-order valence-electron chi connectivity index (χ2n) is 2.90. The molecule has 88 valence electrons. The van der Waals surface area contributed by atoms with Crippen molar-refractivity contribution < 1.29 is 28.4 Å². The Hall–Kier alpha value is 0.0862. The Labute approximate surface area is 110 Å². The van der Waals surface area contributed by atoms with Crippen molar-refractivity contribution in [2.45, 2.75) is 19.8 Å².